The Labute approximate surface area is 118 Å². The number of aliphatic hydroxyl groups excluding tert-OH is 1. The Morgan fingerprint density at radius 3 is 2.65 bits per heavy atom. The number of aliphatic hydroxyl groups is 1. The summed E-state index contributed by atoms with van der Waals surface area (Å²) in [5.41, 5.74) is 1.39. The van der Waals surface area contributed by atoms with Crippen molar-refractivity contribution in [3.8, 4) is 0 Å². The van der Waals surface area contributed by atoms with Crippen LogP contribution in [0.15, 0.2) is 24.3 Å². The van der Waals surface area contributed by atoms with Crippen LogP contribution in [0.3, 0.4) is 0 Å². The van der Waals surface area contributed by atoms with E-state index >= 15 is 0 Å². The van der Waals surface area contributed by atoms with Gasteiger partial charge in [-0.1, -0.05) is 18.2 Å². The molecule has 1 aromatic rings. The Bertz CT molecular complexity index is 561. The van der Waals surface area contributed by atoms with Crippen molar-refractivity contribution >= 4 is 29.2 Å². The second kappa shape index (κ2) is 6.88. The third-order valence-corrected chi connectivity index (χ3v) is 2.61. The first-order valence-electron chi connectivity index (χ1n) is 5.35. The van der Waals surface area contributed by atoms with Gasteiger partial charge in [0.15, 0.2) is 0 Å². The number of hydrogen-bond donors (Lipinski definition) is 3. The number of carbonyl (C=O) groups excluding carboxylic acids is 1. The Morgan fingerprint density at radius 1 is 1.45 bits per heavy atom. The van der Waals surface area contributed by atoms with Crippen LogP contribution >= 0.6 is 11.6 Å². The summed E-state index contributed by atoms with van der Waals surface area (Å²) >= 11 is 5.59. The molecule has 0 aliphatic heterocycles. The molecule has 3 N–H and O–H groups in total. The minimum absolute atomic E-state index is 0.00809. The number of nitrogens with one attached hydrogen (secondary N) is 1. The summed E-state index contributed by atoms with van der Waals surface area (Å²) in [5, 5.41) is 17.2. The van der Waals surface area contributed by atoms with Gasteiger partial charge < -0.3 is 15.1 Å². The average Bonchev–Trinajstić information content (AvgIpc) is 2.41. The number of hydrogen-bond acceptors (Lipinski definition) is 5. The molecule has 0 amide bonds. The standard InChI is InChI=1S/C12H11ClFNO5/c1-6(11(17)18)12(19)20-15-9-3-2-8(13)10(14)7(9)4-5-16/h2-3,15-16H,1,4-5H2,(H,17,18). The van der Waals surface area contributed by atoms with E-state index in [9.17, 15) is 14.0 Å². The fourth-order valence-electron chi connectivity index (χ4n) is 1.29. The molecule has 0 aromatic heterocycles. The molecule has 0 spiro atoms. The van der Waals surface area contributed by atoms with Crippen LogP contribution in [0.5, 0.6) is 0 Å². The lowest BCUT2D eigenvalue weighted by Crippen LogP contribution is -2.18. The molecule has 0 radical (unpaired) electrons. The molecule has 0 atom stereocenters. The molecule has 6 nitrogen and oxygen atoms in total. The molecule has 108 valence electrons. The van der Waals surface area contributed by atoms with Crippen LogP contribution in [0.1, 0.15) is 5.56 Å². The largest absolute Gasteiger partial charge is 0.477 e. The first kappa shape index (κ1) is 15.9. The number of benzene rings is 1. The quantitative estimate of drug-likeness (QED) is 0.319. The van der Waals surface area contributed by atoms with E-state index in [0.29, 0.717) is 0 Å². The number of carboxylic acids is 1. The molecular formula is C12H11ClFNO5. The van der Waals surface area contributed by atoms with Crippen LogP contribution in [0, 0.1) is 5.82 Å². The molecule has 20 heavy (non-hydrogen) atoms. The molecular weight excluding hydrogens is 293 g/mol. The van der Waals surface area contributed by atoms with Gasteiger partial charge in [-0.3, -0.25) is 0 Å². The van der Waals surface area contributed by atoms with Gasteiger partial charge in [-0.05, 0) is 12.1 Å². The van der Waals surface area contributed by atoms with Crippen LogP contribution in [-0.2, 0) is 20.8 Å². The monoisotopic (exact) mass is 303 g/mol. The molecule has 0 unspecified atom stereocenters. The van der Waals surface area contributed by atoms with Crippen molar-refractivity contribution in [2.45, 2.75) is 6.42 Å². The first-order chi connectivity index (χ1) is 9.38. The fraction of sp³-hybridized carbons (Fsp3) is 0.167. The molecule has 1 aromatic carbocycles. The maximum Gasteiger partial charge on any atom is 0.369 e. The number of carbonyl (C=O) groups is 2. The Morgan fingerprint density at radius 2 is 2.10 bits per heavy atom. The smallest absolute Gasteiger partial charge is 0.369 e. The Hall–Kier alpha value is -2.12. The summed E-state index contributed by atoms with van der Waals surface area (Å²) in [6.45, 7) is 2.66. The summed E-state index contributed by atoms with van der Waals surface area (Å²) in [5.74, 6) is -3.52. The third kappa shape index (κ3) is 3.69. The zero-order chi connectivity index (χ0) is 15.3. The van der Waals surface area contributed by atoms with Crippen molar-refractivity contribution in [3.63, 3.8) is 0 Å². The number of halogens is 2. The molecule has 0 fully saturated rings. The van der Waals surface area contributed by atoms with Gasteiger partial charge in [0, 0.05) is 18.6 Å². The van der Waals surface area contributed by atoms with E-state index in [0.717, 1.165) is 0 Å². The van der Waals surface area contributed by atoms with Crippen molar-refractivity contribution < 1.29 is 29.0 Å². The maximum atomic E-state index is 13.7. The highest BCUT2D eigenvalue weighted by Crippen LogP contribution is 2.26. The van der Waals surface area contributed by atoms with Crippen molar-refractivity contribution in [2.75, 3.05) is 12.1 Å². The molecule has 0 saturated carbocycles. The van der Waals surface area contributed by atoms with Gasteiger partial charge in [0.1, 0.15) is 11.4 Å². The number of aliphatic carboxylic acids is 1. The molecule has 0 saturated heterocycles. The molecule has 0 aliphatic carbocycles. The first-order valence-corrected chi connectivity index (χ1v) is 5.73. The van der Waals surface area contributed by atoms with Crippen LogP contribution < -0.4 is 5.48 Å². The molecule has 1 rings (SSSR count). The van der Waals surface area contributed by atoms with Crippen LogP contribution in [0.4, 0.5) is 10.1 Å². The summed E-state index contributed by atoms with van der Waals surface area (Å²) in [7, 11) is 0. The second-order valence-electron chi connectivity index (χ2n) is 3.64. The highest BCUT2D eigenvalue weighted by atomic mass is 35.5. The molecule has 0 aliphatic rings. The van der Waals surface area contributed by atoms with Crippen LogP contribution in [0.25, 0.3) is 0 Å². The highest BCUT2D eigenvalue weighted by Gasteiger charge is 2.18. The summed E-state index contributed by atoms with van der Waals surface area (Å²) in [6.07, 6.45) is -0.0633. The number of carboxylic acid groups (broad SMARTS) is 1. The average molecular weight is 304 g/mol. The highest BCUT2D eigenvalue weighted by molar-refractivity contribution is 6.30. The van der Waals surface area contributed by atoms with Crippen LogP contribution in [0.2, 0.25) is 5.02 Å². The van der Waals surface area contributed by atoms with E-state index in [1.54, 1.807) is 0 Å². The molecule has 0 heterocycles. The van der Waals surface area contributed by atoms with Gasteiger partial charge in [-0.15, -0.1) is 0 Å². The lowest BCUT2D eigenvalue weighted by molar-refractivity contribution is -0.142. The topological polar surface area (TPSA) is 95.9 Å². The minimum Gasteiger partial charge on any atom is -0.477 e. The Kier molecular flexibility index (Phi) is 5.48. The fourth-order valence-corrected chi connectivity index (χ4v) is 1.47. The number of anilines is 1. The van der Waals surface area contributed by atoms with Gasteiger partial charge in [0.05, 0.1) is 10.7 Å². The van der Waals surface area contributed by atoms with E-state index in [2.05, 4.69) is 16.9 Å². The van der Waals surface area contributed by atoms with E-state index in [1.807, 2.05) is 0 Å². The van der Waals surface area contributed by atoms with E-state index in [1.165, 1.54) is 12.1 Å². The second-order valence-corrected chi connectivity index (χ2v) is 4.04. The lowest BCUT2D eigenvalue weighted by Gasteiger charge is -2.12. The van der Waals surface area contributed by atoms with Crippen molar-refractivity contribution in [1.82, 2.24) is 0 Å². The van der Waals surface area contributed by atoms with Gasteiger partial charge in [0.2, 0.25) is 0 Å². The van der Waals surface area contributed by atoms with Gasteiger partial charge in [0.25, 0.3) is 0 Å². The summed E-state index contributed by atoms with van der Waals surface area (Å²) in [6, 6.07) is 2.55. The van der Waals surface area contributed by atoms with Gasteiger partial charge >= 0.3 is 11.9 Å². The van der Waals surface area contributed by atoms with Crippen molar-refractivity contribution in [3.05, 3.63) is 40.7 Å². The van der Waals surface area contributed by atoms with Gasteiger partial charge in [-0.2, -0.15) is 0 Å². The lowest BCUT2D eigenvalue weighted by atomic mass is 10.1. The zero-order valence-electron chi connectivity index (χ0n) is 10.2. The normalized spacial score (nSPS) is 9.95. The maximum absolute atomic E-state index is 13.7. The Balaban J connectivity index is 2.88. The van der Waals surface area contributed by atoms with E-state index < -0.39 is 23.3 Å². The van der Waals surface area contributed by atoms with E-state index in [-0.39, 0.29) is 29.3 Å². The molecule has 0 bridgehead atoms. The van der Waals surface area contributed by atoms with E-state index in [4.69, 9.17) is 21.8 Å². The van der Waals surface area contributed by atoms with Gasteiger partial charge in [-0.25, -0.2) is 19.5 Å². The van der Waals surface area contributed by atoms with Crippen LogP contribution in [-0.4, -0.2) is 28.8 Å². The number of rotatable bonds is 6. The predicted molar refractivity (Wildman–Crippen MR) is 68.7 cm³/mol. The minimum atomic E-state index is -1.53. The molecule has 8 heteroatoms. The summed E-state index contributed by atoms with van der Waals surface area (Å²) < 4.78 is 13.7. The third-order valence-electron chi connectivity index (χ3n) is 2.32. The SMILES string of the molecule is C=C(C(=O)O)C(=O)ONc1ccc(Cl)c(F)c1CCO. The van der Waals surface area contributed by atoms with Crippen molar-refractivity contribution in [1.29, 1.82) is 0 Å². The predicted octanol–water partition coefficient (Wildman–Crippen LogP) is 1.52. The zero-order valence-corrected chi connectivity index (χ0v) is 10.9. The van der Waals surface area contributed by atoms with Crippen molar-refractivity contribution in [2.24, 2.45) is 0 Å². The summed E-state index contributed by atoms with van der Waals surface area (Å²) in [4.78, 5) is 26.2.